The minimum absolute atomic E-state index is 0.0686. The molecular formula is C15H23N3O3. The third-order valence-electron chi connectivity index (χ3n) is 2.65. The van der Waals surface area contributed by atoms with Crippen LogP contribution >= 0.6 is 0 Å². The highest BCUT2D eigenvalue weighted by Gasteiger charge is 2.16. The van der Waals surface area contributed by atoms with Crippen LogP contribution in [0.15, 0.2) is 18.2 Å². The lowest BCUT2D eigenvalue weighted by atomic mass is 9.92. The Morgan fingerprint density at radius 2 is 1.90 bits per heavy atom. The van der Waals surface area contributed by atoms with Gasteiger partial charge in [0.05, 0.1) is 19.3 Å². The molecule has 0 atom stereocenters. The van der Waals surface area contributed by atoms with Gasteiger partial charge in [0, 0.05) is 12.1 Å². The second-order valence-corrected chi connectivity index (χ2v) is 6.02. The summed E-state index contributed by atoms with van der Waals surface area (Å²) >= 11 is 0. The first-order valence-electron chi connectivity index (χ1n) is 6.71. The Morgan fingerprint density at radius 1 is 1.24 bits per heavy atom. The van der Waals surface area contributed by atoms with Crippen LogP contribution in [-0.4, -0.2) is 25.5 Å². The minimum atomic E-state index is -0.304. The van der Waals surface area contributed by atoms with Gasteiger partial charge < -0.3 is 21.1 Å². The van der Waals surface area contributed by atoms with Crippen LogP contribution < -0.4 is 21.1 Å². The summed E-state index contributed by atoms with van der Waals surface area (Å²) in [6, 6.07) is 4.96. The van der Waals surface area contributed by atoms with Crippen LogP contribution in [0.4, 0.5) is 11.4 Å². The van der Waals surface area contributed by atoms with Gasteiger partial charge in [-0.3, -0.25) is 9.59 Å². The molecule has 4 N–H and O–H groups in total. The molecule has 0 aliphatic rings. The largest absolute Gasteiger partial charge is 0.495 e. The van der Waals surface area contributed by atoms with Crippen molar-refractivity contribution in [3.8, 4) is 5.75 Å². The first kappa shape index (κ1) is 16.8. The van der Waals surface area contributed by atoms with E-state index < -0.39 is 0 Å². The number of ether oxygens (including phenoxy) is 1. The summed E-state index contributed by atoms with van der Waals surface area (Å²) in [4.78, 5) is 23.4. The number of anilines is 2. The molecule has 0 aliphatic heterocycles. The smallest absolute Gasteiger partial charge is 0.243 e. The summed E-state index contributed by atoms with van der Waals surface area (Å²) in [5, 5.41) is 5.25. The lowest BCUT2D eigenvalue weighted by molar-refractivity contribution is -0.125. The van der Waals surface area contributed by atoms with Crippen molar-refractivity contribution in [2.45, 2.75) is 27.2 Å². The molecule has 1 rings (SSSR count). The van der Waals surface area contributed by atoms with Crippen LogP contribution in [0.2, 0.25) is 0 Å². The predicted octanol–water partition coefficient (Wildman–Crippen LogP) is 1.77. The number of methoxy groups -OCH3 is 1. The van der Waals surface area contributed by atoms with Crippen molar-refractivity contribution in [1.29, 1.82) is 0 Å². The maximum Gasteiger partial charge on any atom is 0.243 e. The van der Waals surface area contributed by atoms with Crippen molar-refractivity contribution in [1.82, 2.24) is 5.32 Å². The van der Waals surface area contributed by atoms with Crippen molar-refractivity contribution in [2.75, 3.05) is 24.7 Å². The van der Waals surface area contributed by atoms with Crippen LogP contribution in [0.3, 0.4) is 0 Å². The average molecular weight is 293 g/mol. The monoisotopic (exact) mass is 293 g/mol. The molecule has 2 amide bonds. The minimum Gasteiger partial charge on any atom is -0.495 e. The number of nitrogens with one attached hydrogen (secondary N) is 2. The number of nitrogens with two attached hydrogens (primary N) is 1. The Labute approximate surface area is 125 Å². The highest BCUT2D eigenvalue weighted by atomic mass is 16.5. The topological polar surface area (TPSA) is 93.5 Å². The van der Waals surface area contributed by atoms with E-state index >= 15 is 0 Å². The second kappa shape index (κ2) is 6.97. The number of carbonyl (C=O) groups is 2. The molecule has 0 unspecified atom stereocenters. The molecule has 116 valence electrons. The first-order chi connectivity index (χ1) is 9.71. The third kappa shape index (κ3) is 6.16. The van der Waals surface area contributed by atoms with Gasteiger partial charge in [-0.05, 0) is 23.6 Å². The molecular weight excluding hydrogens is 270 g/mol. The fourth-order valence-corrected chi connectivity index (χ4v) is 1.74. The van der Waals surface area contributed by atoms with E-state index in [0.29, 0.717) is 23.5 Å². The van der Waals surface area contributed by atoms with E-state index in [0.717, 1.165) is 0 Å². The molecule has 1 aromatic rings. The Balaban J connectivity index is 2.47. The summed E-state index contributed by atoms with van der Waals surface area (Å²) in [5.74, 6) is 0.0974. The van der Waals surface area contributed by atoms with Crippen molar-refractivity contribution in [2.24, 2.45) is 5.41 Å². The van der Waals surface area contributed by atoms with E-state index in [-0.39, 0.29) is 23.8 Å². The number of carbonyl (C=O) groups excluding carboxylic acids is 2. The van der Waals surface area contributed by atoms with Crippen molar-refractivity contribution >= 4 is 23.2 Å². The predicted molar refractivity (Wildman–Crippen MR) is 83.1 cm³/mol. The summed E-state index contributed by atoms with van der Waals surface area (Å²) in [6.07, 6.45) is 0.371. The van der Waals surface area contributed by atoms with Gasteiger partial charge in [0.25, 0.3) is 0 Å². The Kier molecular flexibility index (Phi) is 5.58. The van der Waals surface area contributed by atoms with E-state index in [1.807, 2.05) is 20.8 Å². The first-order valence-corrected chi connectivity index (χ1v) is 6.71. The average Bonchev–Trinajstić information content (AvgIpc) is 2.34. The van der Waals surface area contributed by atoms with Crippen molar-refractivity contribution in [3.05, 3.63) is 18.2 Å². The summed E-state index contributed by atoms with van der Waals surface area (Å²) in [5.41, 5.74) is 6.64. The molecule has 0 aliphatic carbocycles. The number of hydrogen-bond acceptors (Lipinski definition) is 4. The number of hydrogen-bond donors (Lipinski definition) is 3. The summed E-state index contributed by atoms with van der Waals surface area (Å²) in [7, 11) is 1.52. The van der Waals surface area contributed by atoms with Gasteiger partial charge in [0.2, 0.25) is 11.8 Å². The van der Waals surface area contributed by atoms with Crippen LogP contribution in [0, 0.1) is 5.41 Å². The van der Waals surface area contributed by atoms with Gasteiger partial charge in [0.15, 0.2) is 0 Å². The molecule has 0 spiro atoms. The summed E-state index contributed by atoms with van der Waals surface area (Å²) < 4.78 is 5.04. The Morgan fingerprint density at radius 3 is 2.43 bits per heavy atom. The van der Waals surface area contributed by atoms with E-state index in [2.05, 4.69) is 10.6 Å². The maximum absolute atomic E-state index is 11.8. The van der Waals surface area contributed by atoms with Gasteiger partial charge in [-0.2, -0.15) is 0 Å². The molecule has 6 heteroatoms. The fraction of sp³-hybridized carbons (Fsp3) is 0.467. The van der Waals surface area contributed by atoms with E-state index in [1.54, 1.807) is 18.2 Å². The van der Waals surface area contributed by atoms with E-state index in [9.17, 15) is 9.59 Å². The van der Waals surface area contributed by atoms with Gasteiger partial charge in [-0.1, -0.05) is 20.8 Å². The van der Waals surface area contributed by atoms with Gasteiger partial charge in [0.1, 0.15) is 5.75 Å². The van der Waals surface area contributed by atoms with Crippen LogP contribution in [0.25, 0.3) is 0 Å². The zero-order chi connectivity index (χ0) is 16.0. The zero-order valence-electron chi connectivity index (χ0n) is 12.9. The quantitative estimate of drug-likeness (QED) is 0.721. The number of benzene rings is 1. The number of nitrogen functional groups attached to an aromatic ring is 1. The Bertz CT molecular complexity index is 521. The lowest BCUT2D eigenvalue weighted by Gasteiger charge is -2.17. The molecule has 0 aromatic heterocycles. The standard InChI is InChI=1S/C15H23N3O3/c1-15(2,3)8-13(19)17-9-14(20)18-10-5-6-12(21-4)11(16)7-10/h5-7H,8-9,16H2,1-4H3,(H,17,19)(H,18,20). The molecule has 21 heavy (non-hydrogen) atoms. The van der Waals surface area contributed by atoms with Crippen LogP contribution in [0.1, 0.15) is 27.2 Å². The maximum atomic E-state index is 11.8. The fourth-order valence-electron chi connectivity index (χ4n) is 1.74. The Hall–Kier alpha value is -2.24. The number of amides is 2. The lowest BCUT2D eigenvalue weighted by Crippen LogP contribution is -2.34. The van der Waals surface area contributed by atoms with Crippen LogP contribution in [-0.2, 0) is 9.59 Å². The molecule has 1 aromatic carbocycles. The zero-order valence-corrected chi connectivity index (χ0v) is 12.9. The molecule has 0 heterocycles. The van der Waals surface area contributed by atoms with Crippen molar-refractivity contribution in [3.63, 3.8) is 0 Å². The van der Waals surface area contributed by atoms with Gasteiger partial charge in [-0.25, -0.2) is 0 Å². The molecule has 0 radical (unpaired) electrons. The molecule has 0 saturated heterocycles. The highest BCUT2D eigenvalue weighted by Crippen LogP contribution is 2.24. The SMILES string of the molecule is COc1ccc(NC(=O)CNC(=O)CC(C)(C)C)cc1N. The molecule has 0 fully saturated rings. The van der Waals surface area contributed by atoms with Gasteiger partial charge >= 0.3 is 0 Å². The van der Waals surface area contributed by atoms with Gasteiger partial charge in [-0.15, -0.1) is 0 Å². The molecule has 0 saturated carbocycles. The highest BCUT2D eigenvalue weighted by molar-refractivity contribution is 5.95. The number of rotatable bonds is 5. The summed E-state index contributed by atoms with van der Waals surface area (Å²) in [6.45, 7) is 5.83. The van der Waals surface area contributed by atoms with Crippen molar-refractivity contribution < 1.29 is 14.3 Å². The van der Waals surface area contributed by atoms with E-state index in [4.69, 9.17) is 10.5 Å². The second-order valence-electron chi connectivity index (χ2n) is 6.02. The van der Waals surface area contributed by atoms with E-state index in [1.165, 1.54) is 7.11 Å². The third-order valence-corrected chi connectivity index (χ3v) is 2.65. The van der Waals surface area contributed by atoms with Crippen LogP contribution in [0.5, 0.6) is 5.75 Å². The molecule has 6 nitrogen and oxygen atoms in total. The normalized spacial score (nSPS) is 10.9. The molecule has 0 bridgehead atoms.